The van der Waals surface area contributed by atoms with Crippen molar-refractivity contribution in [1.29, 1.82) is 0 Å². The number of methoxy groups -OCH3 is 2. The lowest BCUT2D eigenvalue weighted by atomic mass is 10.0. The summed E-state index contributed by atoms with van der Waals surface area (Å²) in [5, 5.41) is 3.00. The highest BCUT2D eigenvalue weighted by Crippen LogP contribution is 2.57. The van der Waals surface area contributed by atoms with E-state index in [-0.39, 0.29) is 35.0 Å². The van der Waals surface area contributed by atoms with E-state index in [9.17, 15) is 14.4 Å². The van der Waals surface area contributed by atoms with Crippen molar-refractivity contribution in [3.63, 3.8) is 0 Å². The number of rotatable bonds is 2. The monoisotopic (exact) mass is 304 g/mol. The van der Waals surface area contributed by atoms with Crippen LogP contribution in [0.5, 0.6) is 5.75 Å². The predicted octanol–water partition coefficient (Wildman–Crippen LogP) is 0.336. The standard InChI is InChI=1S/C15H16N2O5/c1-21-13-11-14(19)16-10-7-3-6(7)4-9(10)17(11)5-8(12(13)18)15(20)22-2/h5-7,9-10H,3-4H2,1-2H3,(H,16,19)/t6-,7-,9-,10+/m0/s1. The SMILES string of the molecule is COC(=O)c1cn2c(c(OC)c1=O)C(=O)N[C@@H]1[C@H]3C[C@H]3C[C@@H]12. The molecule has 1 amide bonds. The Kier molecular flexibility index (Phi) is 2.64. The van der Waals surface area contributed by atoms with Gasteiger partial charge in [-0.3, -0.25) is 9.59 Å². The molecule has 116 valence electrons. The van der Waals surface area contributed by atoms with Gasteiger partial charge in [-0.15, -0.1) is 0 Å². The Balaban J connectivity index is 1.94. The summed E-state index contributed by atoms with van der Waals surface area (Å²) in [7, 11) is 2.54. The van der Waals surface area contributed by atoms with Gasteiger partial charge in [-0.25, -0.2) is 4.79 Å². The fraction of sp³-hybridized carbons (Fsp3) is 0.533. The van der Waals surface area contributed by atoms with Gasteiger partial charge < -0.3 is 19.4 Å². The normalized spacial score (nSPS) is 30.7. The third-order valence-electron chi connectivity index (χ3n) is 5.07. The molecule has 3 aliphatic rings. The van der Waals surface area contributed by atoms with Crippen LogP contribution in [0.25, 0.3) is 0 Å². The number of carbonyl (C=O) groups excluding carboxylic acids is 2. The third-order valence-corrected chi connectivity index (χ3v) is 5.07. The number of pyridine rings is 1. The van der Waals surface area contributed by atoms with E-state index < -0.39 is 11.4 Å². The number of nitrogens with one attached hydrogen (secondary N) is 1. The Morgan fingerprint density at radius 3 is 2.77 bits per heavy atom. The van der Waals surface area contributed by atoms with Gasteiger partial charge in [-0.05, 0) is 24.7 Å². The molecule has 0 spiro atoms. The van der Waals surface area contributed by atoms with Crippen LogP contribution in [-0.4, -0.2) is 36.7 Å². The largest absolute Gasteiger partial charge is 0.491 e. The van der Waals surface area contributed by atoms with E-state index in [2.05, 4.69) is 10.1 Å². The third kappa shape index (κ3) is 1.59. The fourth-order valence-electron chi connectivity index (χ4n) is 3.97. The number of carbonyl (C=O) groups is 2. The first-order chi connectivity index (χ1) is 10.6. The molecular formula is C15H16N2O5. The maximum Gasteiger partial charge on any atom is 0.343 e. The summed E-state index contributed by atoms with van der Waals surface area (Å²) >= 11 is 0. The Morgan fingerprint density at radius 2 is 2.09 bits per heavy atom. The van der Waals surface area contributed by atoms with Gasteiger partial charge >= 0.3 is 5.97 Å². The zero-order chi connectivity index (χ0) is 15.6. The van der Waals surface area contributed by atoms with E-state index in [0.717, 1.165) is 12.8 Å². The molecule has 0 bridgehead atoms. The Bertz CT molecular complexity index is 753. The lowest BCUT2D eigenvalue weighted by Crippen LogP contribution is -2.48. The van der Waals surface area contributed by atoms with Gasteiger partial charge in [0.1, 0.15) is 5.56 Å². The van der Waals surface area contributed by atoms with Gasteiger partial charge in [0, 0.05) is 6.20 Å². The van der Waals surface area contributed by atoms with Gasteiger partial charge in [-0.2, -0.15) is 0 Å². The molecule has 4 rings (SSSR count). The van der Waals surface area contributed by atoms with Crippen LogP contribution in [0.4, 0.5) is 0 Å². The van der Waals surface area contributed by atoms with E-state index in [0.29, 0.717) is 11.8 Å². The molecule has 4 atom stereocenters. The molecule has 0 aromatic carbocycles. The first-order valence-corrected chi connectivity index (χ1v) is 7.29. The number of hydrogen-bond acceptors (Lipinski definition) is 5. The van der Waals surface area contributed by atoms with Crippen LogP contribution in [0.3, 0.4) is 0 Å². The molecule has 2 saturated carbocycles. The van der Waals surface area contributed by atoms with E-state index in [1.54, 1.807) is 4.57 Å². The number of hydrogen-bond donors (Lipinski definition) is 1. The van der Waals surface area contributed by atoms with Crippen molar-refractivity contribution < 1.29 is 19.1 Å². The average molecular weight is 304 g/mol. The van der Waals surface area contributed by atoms with Crippen molar-refractivity contribution in [3.8, 4) is 5.75 Å². The van der Waals surface area contributed by atoms with Crippen LogP contribution in [0.15, 0.2) is 11.0 Å². The summed E-state index contributed by atoms with van der Waals surface area (Å²) in [6.07, 6.45) is 3.53. The second kappa shape index (κ2) is 4.34. The molecule has 2 aliphatic carbocycles. The van der Waals surface area contributed by atoms with E-state index in [1.165, 1.54) is 20.4 Å². The minimum absolute atomic E-state index is 0.0642. The first-order valence-electron chi connectivity index (χ1n) is 7.29. The van der Waals surface area contributed by atoms with Crippen LogP contribution in [0.1, 0.15) is 39.7 Å². The van der Waals surface area contributed by atoms with Crippen molar-refractivity contribution in [2.45, 2.75) is 24.9 Å². The highest BCUT2D eigenvalue weighted by Gasteiger charge is 2.57. The summed E-state index contributed by atoms with van der Waals surface area (Å²) in [6, 6.07) is 0.136. The number of nitrogens with zero attached hydrogens (tertiary/aromatic N) is 1. The molecule has 1 N–H and O–H groups in total. The van der Waals surface area contributed by atoms with E-state index in [4.69, 9.17) is 4.74 Å². The smallest absolute Gasteiger partial charge is 0.343 e. The summed E-state index contributed by atoms with van der Waals surface area (Å²) in [4.78, 5) is 36.6. The molecule has 7 heteroatoms. The number of aromatic nitrogens is 1. The lowest BCUT2D eigenvalue weighted by Gasteiger charge is -2.34. The number of ether oxygens (including phenoxy) is 2. The molecule has 1 aliphatic heterocycles. The van der Waals surface area contributed by atoms with Crippen LogP contribution >= 0.6 is 0 Å². The van der Waals surface area contributed by atoms with Crippen molar-refractivity contribution in [3.05, 3.63) is 27.7 Å². The highest BCUT2D eigenvalue weighted by molar-refractivity contribution is 5.98. The highest BCUT2D eigenvalue weighted by atomic mass is 16.5. The minimum Gasteiger partial charge on any atom is -0.491 e. The molecule has 2 heterocycles. The molecule has 0 radical (unpaired) electrons. The second-order valence-electron chi connectivity index (χ2n) is 6.11. The number of esters is 1. The van der Waals surface area contributed by atoms with Gasteiger partial charge in [0.2, 0.25) is 5.43 Å². The maximum absolute atomic E-state index is 12.4. The average Bonchev–Trinajstić information content (AvgIpc) is 3.20. The molecule has 2 fully saturated rings. The number of amides is 1. The Labute approximate surface area is 126 Å². The first kappa shape index (κ1) is 13.4. The second-order valence-corrected chi connectivity index (χ2v) is 6.11. The lowest BCUT2D eigenvalue weighted by molar-refractivity contribution is 0.0595. The zero-order valence-corrected chi connectivity index (χ0v) is 12.3. The molecule has 0 saturated heterocycles. The quantitative estimate of drug-likeness (QED) is 0.796. The summed E-state index contributed by atoms with van der Waals surface area (Å²) in [5.74, 6) is -0.00905. The van der Waals surface area contributed by atoms with Crippen LogP contribution in [0.2, 0.25) is 0 Å². The van der Waals surface area contributed by atoms with Gasteiger partial charge in [-0.1, -0.05) is 0 Å². The van der Waals surface area contributed by atoms with Crippen LogP contribution < -0.4 is 15.5 Å². The molecule has 7 nitrogen and oxygen atoms in total. The van der Waals surface area contributed by atoms with Crippen molar-refractivity contribution in [1.82, 2.24) is 9.88 Å². The van der Waals surface area contributed by atoms with Crippen LogP contribution in [-0.2, 0) is 4.74 Å². The van der Waals surface area contributed by atoms with Gasteiger partial charge in [0.05, 0.1) is 26.3 Å². The van der Waals surface area contributed by atoms with E-state index >= 15 is 0 Å². The van der Waals surface area contributed by atoms with Gasteiger partial charge in [0.15, 0.2) is 11.4 Å². The Hall–Kier alpha value is -2.31. The van der Waals surface area contributed by atoms with Crippen molar-refractivity contribution in [2.24, 2.45) is 11.8 Å². The van der Waals surface area contributed by atoms with Crippen molar-refractivity contribution in [2.75, 3.05) is 14.2 Å². The molecule has 22 heavy (non-hydrogen) atoms. The minimum atomic E-state index is -0.718. The number of fused-ring (bicyclic) bond motifs is 5. The maximum atomic E-state index is 12.4. The molecule has 0 unspecified atom stereocenters. The summed E-state index contributed by atoms with van der Waals surface area (Å²) in [6.45, 7) is 0. The molecule has 1 aromatic rings. The molecular weight excluding hydrogens is 288 g/mol. The molecule has 1 aromatic heterocycles. The van der Waals surface area contributed by atoms with Crippen molar-refractivity contribution >= 4 is 11.9 Å². The fourth-order valence-corrected chi connectivity index (χ4v) is 3.97. The topological polar surface area (TPSA) is 86.6 Å². The predicted molar refractivity (Wildman–Crippen MR) is 75.1 cm³/mol. The zero-order valence-electron chi connectivity index (χ0n) is 12.3. The Morgan fingerprint density at radius 1 is 1.32 bits per heavy atom. The summed E-state index contributed by atoms with van der Waals surface area (Å²) in [5.41, 5.74) is -0.516. The van der Waals surface area contributed by atoms with E-state index in [1.807, 2.05) is 0 Å². The van der Waals surface area contributed by atoms with Gasteiger partial charge in [0.25, 0.3) is 5.91 Å². The summed E-state index contributed by atoms with van der Waals surface area (Å²) < 4.78 is 11.5. The van der Waals surface area contributed by atoms with Crippen LogP contribution in [0, 0.1) is 11.8 Å².